The van der Waals surface area contributed by atoms with Crippen LogP contribution in [0.15, 0.2) is 10.6 Å². The summed E-state index contributed by atoms with van der Waals surface area (Å²) in [7, 11) is 7.54. The number of amides is 2. The first kappa shape index (κ1) is 20.2. The quantitative estimate of drug-likeness (QED) is 0.497. The van der Waals surface area contributed by atoms with Gasteiger partial charge in [0.25, 0.3) is 5.91 Å². The summed E-state index contributed by atoms with van der Waals surface area (Å²) in [5.41, 5.74) is 0.0552. The van der Waals surface area contributed by atoms with Crippen molar-refractivity contribution in [3.63, 3.8) is 0 Å². The number of likely N-dealkylation sites (tertiary alicyclic amines) is 1. The monoisotopic (exact) mass is 398 g/mol. The molecule has 27 heavy (non-hydrogen) atoms. The first-order valence-electron chi connectivity index (χ1n) is 9.13. The van der Waals surface area contributed by atoms with E-state index in [0.717, 1.165) is 6.54 Å². The van der Waals surface area contributed by atoms with Crippen molar-refractivity contribution in [1.82, 2.24) is 9.80 Å². The number of aliphatic hydroxyl groups excluding tert-OH is 1. The third kappa shape index (κ3) is 3.25. The molecule has 8 nitrogen and oxygen atoms in total. The molecule has 9 heteroatoms. The molecule has 3 heterocycles. The van der Waals surface area contributed by atoms with E-state index >= 15 is 0 Å². The highest BCUT2D eigenvalue weighted by Gasteiger charge is 2.57. The molecule has 0 radical (unpaired) electrons. The van der Waals surface area contributed by atoms with E-state index in [0.29, 0.717) is 22.2 Å². The number of hydrogen-bond acceptors (Lipinski definition) is 5. The lowest BCUT2D eigenvalue weighted by atomic mass is 9.83. The normalized spacial score (nSPS) is 33.0. The van der Waals surface area contributed by atoms with Gasteiger partial charge in [0, 0.05) is 31.8 Å². The molecule has 0 saturated carbocycles. The van der Waals surface area contributed by atoms with Gasteiger partial charge in [0.1, 0.15) is 5.70 Å². The number of carbonyl (C=O) groups excluding carboxylic acids is 2. The number of carboxylic acid groups (broad SMARTS) is 1. The van der Waals surface area contributed by atoms with Crippen molar-refractivity contribution in [2.24, 2.45) is 5.92 Å². The number of β-lactam (4-membered cyclic amide) rings is 1. The van der Waals surface area contributed by atoms with Gasteiger partial charge in [-0.25, -0.2) is 4.79 Å². The van der Waals surface area contributed by atoms with E-state index < -0.39 is 18.0 Å². The zero-order chi connectivity index (χ0) is 20.3. The van der Waals surface area contributed by atoms with Crippen molar-refractivity contribution in [2.45, 2.75) is 43.2 Å². The van der Waals surface area contributed by atoms with Gasteiger partial charge in [0.2, 0.25) is 5.91 Å². The van der Waals surface area contributed by atoms with Crippen molar-refractivity contribution in [3.05, 3.63) is 10.6 Å². The van der Waals surface area contributed by atoms with Crippen LogP contribution in [-0.2, 0) is 14.4 Å². The van der Waals surface area contributed by atoms with Gasteiger partial charge in [-0.05, 0) is 6.92 Å². The van der Waals surface area contributed by atoms with Crippen molar-refractivity contribution >= 4 is 29.5 Å². The number of fused-ring (bicyclic) bond motifs is 1. The number of hydrogen-bond donors (Lipinski definition) is 2. The van der Waals surface area contributed by atoms with Crippen molar-refractivity contribution in [2.75, 3.05) is 34.7 Å². The van der Waals surface area contributed by atoms with Gasteiger partial charge in [-0.15, -0.1) is 11.8 Å². The molecule has 0 aromatic rings. The number of carbonyl (C=O) groups is 3. The molecule has 0 bridgehead atoms. The molecule has 150 valence electrons. The van der Waals surface area contributed by atoms with Crippen LogP contribution < -0.4 is 0 Å². The molecule has 2 N–H and O–H groups in total. The number of carboxylic acids is 1. The molecule has 0 spiro atoms. The number of aliphatic hydroxyl groups is 1. The molecule has 3 aliphatic rings. The van der Waals surface area contributed by atoms with Crippen molar-refractivity contribution in [1.29, 1.82) is 0 Å². The Bertz CT molecular complexity index is 718. The van der Waals surface area contributed by atoms with Crippen LogP contribution >= 0.6 is 11.8 Å². The van der Waals surface area contributed by atoms with Crippen LogP contribution in [0.2, 0.25) is 0 Å². The maximum absolute atomic E-state index is 12.5. The first-order chi connectivity index (χ1) is 12.5. The molecular formula is C18H28N3O5S+. The minimum absolute atomic E-state index is 0.0552. The number of likely N-dealkylation sites (N-methyl/N-ethyl adjacent to an activating group) is 2. The summed E-state index contributed by atoms with van der Waals surface area (Å²) < 4.78 is 0.562. The van der Waals surface area contributed by atoms with Gasteiger partial charge >= 0.3 is 5.97 Å². The third-order valence-electron chi connectivity index (χ3n) is 5.93. The van der Waals surface area contributed by atoms with Gasteiger partial charge < -0.3 is 24.5 Å². The van der Waals surface area contributed by atoms with E-state index in [4.69, 9.17) is 0 Å². The van der Waals surface area contributed by atoms with E-state index in [1.54, 1.807) is 25.9 Å². The third-order valence-corrected chi connectivity index (χ3v) is 7.25. The molecule has 3 aliphatic heterocycles. The Balaban J connectivity index is 1.79. The molecule has 0 aromatic heterocycles. The second-order valence-corrected chi connectivity index (χ2v) is 9.90. The predicted molar refractivity (Wildman–Crippen MR) is 101 cm³/mol. The summed E-state index contributed by atoms with van der Waals surface area (Å²) in [6.45, 7) is 2.32. The van der Waals surface area contributed by atoms with Crippen LogP contribution in [0.4, 0.5) is 0 Å². The Labute approximate surface area is 163 Å². The molecule has 5 atom stereocenters. The molecule has 3 rings (SSSR count). The number of thioether (sulfide) groups is 1. The lowest BCUT2D eigenvalue weighted by molar-refractivity contribution is -0.893. The van der Waals surface area contributed by atoms with E-state index in [2.05, 4.69) is 0 Å². The summed E-state index contributed by atoms with van der Waals surface area (Å²) in [6.07, 6.45) is 0.343. The SMILES string of the molecule is C[C@@H](O)[C@H]1C(=O)N2C(C(=O)O)=C(S[C@H]3C[C@@H](C(=O)N(C)C)[N+](C)(C)C3)C[C@H]12. The van der Waals surface area contributed by atoms with E-state index in [1.807, 2.05) is 14.1 Å². The smallest absolute Gasteiger partial charge is 0.353 e. The summed E-state index contributed by atoms with van der Waals surface area (Å²) in [6, 6.07) is -0.425. The fourth-order valence-corrected chi connectivity index (χ4v) is 6.29. The summed E-state index contributed by atoms with van der Waals surface area (Å²) in [4.78, 5) is 40.2. The van der Waals surface area contributed by atoms with Crippen LogP contribution in [0.1, 0.15) is 19.8 Å². The van der Waals surface area contributed by atoms with Crippen molar-refractivity contribution in [3.8, 4) is 0 Å². The van der Waals surface area contributed by atoms with E-state index in [-0.39, 0.29) is 34.8 Å². The van der Waals surface area contributed by atoms with Gasteiger partial charge in [0.15, 0.2) is 6.04 Å². The lowest BCUT2D eigenvalue weighted by Crippen LogP contribution is -2.61. The fourth-order valence-electron chi connectivity index (χ4n) is 4.58. The van der Waals surface area contributed by atoms with Gasteiger partial charge in [-0.1, -0.05) is 0 Å². The Hall–Kier alpha value is -1.58. The molecule has 2 saturated heterocycles. The Morgan fingerprint density at radius 1 is 1.33 bits per heavy atom. The maximum atomic E-state index is 12.5. The molecular weight excluding hydrogens is 370 g/mol. The molecule has 0 aliphatic carbocycles. The van der Waals surface area contributed by atoms with Crippen LogP contribution in [-0.4, -0.2) is 100 Å². The minimum atomic E-state index is -1.11. The average Bonchev–Trinajstić information content (AvgIpc) is 3.00. The molecule has 2 fully saturated rings. The van der Waals surface area contributed by atoms with E-state index in [1.165, 1.54) is 16.7 Å². The van der Waals surface area contributed by atoms with Gasteiger partial charge in [-0.2, -0.15) is 0 Å². The second kappa shape index (κ2) is 6.79. The molecule has 0 aromatic carbocycles. The number of rotatable bonds is 5. The fraction of sp³-hybridized carbons (Fsp3) is 0.722. The van der Waals surface area contributed by atoms with Gasteiger partial charge in [-0.3, -0.25) is 9.59 Å². The second-order valence-electron chi connectivity index (χ2n) is 8.51. The highest BCUT2D eigenvalue weighted by Crippen LogP contribution is 2.49. The Morgan fingerprint density at radius 3 is 2.48 bits per heavy atom. The van der Waals surface area contributed by atoms with E-state index in [9.17, 15) is 24.6 Å². The number of nitrogens with zero attached hydrogens (tertiary/aromatic N) is 3. The van der Waals surface area contributed by atoms with Gasteiger partial charge in [0.05, 0.1) is 44.0 Å². The Morgan fingerprint density at radius 2 is 1.96 bits per heavy atom. The van der Waals surface area contributed by atoms with Crippen LogP contribution in [0.5, 0.6) is 0 Å². The topological polar surface area (TPSA) is 98.1 Å². The summed E-state index contributed by atoms with van der Waals surface area (Å²) in [5, 5.41) is 19.6. The molecule has 0 unspecified atom stereocenters. The largest absolute Gasteiger partial charge is 0.477 e. The summed E-state index contributed by atoms with van der Waals surface area (Å²) in [5.74, 6) is -1.87. The zero-order valence-electron chi connectivity index (χ0n) is 16.4. The maximum Gasteiger partial charge on any atom is 0.353 e. The zero-order valence-corrected chi connectivity index (χ0v) is 17.2. The van der Waals surface area contributed by atoms with Crippen LogP contribution in [0.25, 0.3) is 0 Å². The summed E-state index contributed by atoms with van der Waals surface area (Å²) >= 11 is 1.49. The minimum Gasteiger partial charge on any atom is -0.477 e. The lowest BCUT2D eigenvalue weighted by Gasteiger charge is -2.44. The first-order valence-corrected chi connectivity index (χ1v) is 10.0. The highest BCUT2D eigenvalue weighted by atomic mass is 32.2. The number of quaternary nitrogens is 1. The molecule has 2 amide bonds. The van der Waals surface area contributed by atoms with Crippen LogP contribution in [0, 0.1) is 5.92 Å². The number of aliphatic carboxylic acids is 1. The highest BCUT2D eigenvalue weighted by molar-refractivity contribution is 8.03. The predicted octanol–water partition coefficient (Wildman–Crippen LogP) is -0.0672. The Kier molecular flexibility index (Phi) is 5.07. The average molecular weight is 399 g/mol. The van der Waals surface area contributed by atoms with Crippen molar-refractivity contribution < 1.29 is 29.1 Å². The standard InChI is InChI=1S/C18H27N3O5S/c1-9(22)14-11-7-13(15(18(25)26)20(11)17(14)24)27-10-6-12(16(23)19(2)3)21(4,5)8-10/h9-12,14,22H,6-8H2,1-5H3/p+1/t9-,10+,11-,12+,14-/m1/s1. The van der Waals surface area contributed by atoms with Crippen LogP contribution in [0.3, 0.4) is 0 Å².